The molecule has 1 atom stereocenters. The van der Waals surface area contributed by atoms with Crippen molar-refractivity contribution in [2.45, 2.75) is 93.7 Å². The maximum absolute atomic E-state index is 12.2. The summed E-state index contributed by atoms with van der Waals surface area (Å²) in [7, 11) is 0. The highest BCUT2D eigenvalue weighted by Crippen LogP contribution is 2.52. The van der Waals surface area contributed by atoms with Gasteiger partial charge in [-0.15, -0.1) is 26.3 Å². The Morgan fingerprint density at radius 2 is 1.21 bits per heavy atom. The minimum atomic E-state index is -4.68. The fraction of sp³-hybridized carbons (Fsp3) is 0.900. The van der Waals surface area contributed by atoms with Gasteiger partial charge in [0.1, 0.15) is 13.2 Å². The van der Waals surface area contributed by atoms with Crippen LogP contribution in [0.15, 0.2) is 0 Å². The van der Waals surface area contributed by atoms with Crippen LogP contribution in [0.5, 0.6) is 0 Å². The Kier molecular flexibility index (Phi) is 7.06. The topological polar surface area (TPSA) is 95.1 Å². The second kappa shape index (κ2) is 9.43. The Bertz CT molecular complexity index is 760. The largest absolute Gasteiger partial charge is 0.522 e. The van der Waals surface area contributed by atoms with E-state index in [2.05, 4.69) is 20.1 Å². The molecule has 2 amide bonds. The molecule has 0 heterocycles. The molecule has 5 saturated carbocycles. The average Bonchev–Trinajstić information content (AvgIpc) is 3.10. The van der Waals surface area contributed by atoms with Gasteiger partial charge in [0.15, 0.2) is 0 Å². The van der Waals surface area contributed by atoms with E-state index in [1.165, 1.54) is 0 Å². The molecule has 0 aliphatic heterocycles. The zero-order valence-corrected chi connectivity index (χ0v) is 18.0. The third-order valence-electron chi connectivity index (χ3n) is 6.84. The minimum Gasteiger partial charge on any atom is -0.368 e. The van der Waals surface area contributed by atoms with Crippen LogP contribution >= 0.6 is 0 Å². The van der Waals surface area contributed by atoms with Crippen LogP contribution in [0.3, 0.4) is 0 Å². The van der Waals surface area contributed by atoms with Crippen molar-refractivity contribution in [2.24, 2.45) is 5.92 Å². The van der Waals surface area contributed by atoms with Crippen molar-refractivity contribution < 1.29 is 54.9 Å². The molecule has 5 aliphatic carbocycles. The average molecular weight is 504 g/mol. The van der Waals surface area contributed by atoms with Crippen LogP contribution < -0.4 is 10.6 Å². The van der Waals surface area contributed by atoms with Gasteiger partial charge in [-0.3, -0.25) is 19.1 Å². The lowest BCUT2D eigenvalue weighted by molar-refractivity contribution is -0.358. The monoisotopic (exact) mass is 504 g/mol. The number of hydrogen-bond donors (Lipinski definition) is 2. The van der Waals surface area contributed by atoms with Crippen LogP contribution in [0.2, 0.25) is 0 Å². The van der Waals surface area contributed by atoms with Gasteiger partial charge in [-0.1, -0.05) is 0 Å². The molecule has 5 fully saturated rings. The van der Waals surface area contributed by atoms with E-state index in [0.717, 1.165) is 0 Å². The number of halogens is 6. The van der Waals surface area contributed by atoms with E-state index in [9.17, 15) is 35.9 Å². The molecule has 34 heavy (non-hydrogen) atoms. The Labute approximate surface area is 191 Å². The maximum Gasteiger partial charge on any atom is 0.522 e. The van der Waals surface area contributed by atoms with Crippen LogP contribution in [-0.4, -0.2) is 73.7 Å². The summed E-state index contributed by atoms with van der Waals surface area (Å²) in [6.45, 7) is -0.526. The molecule has 5 rings (SSSR count). The first-order valence-corrected chi connectivity index (χ1v) is 11.1. The van der Waals surface area contributed by atoms with E-state index in [4.69, 9.17) is 9.47 Å². The lowest BCUT2D eigenvalue weighted by Crippen LogP contribution is -2.53. The number of ether oxygens (including phenoxy) is 4. The molecular weight excluding hydrogens is 478 g/mol. The molecule has 8 nitrogen and oxygen atoms in total. The lowest BCUT2D eigenvalue weighted by atomic mass is 9.76. The Hall–Kier alpha value is -1.64. The van der Waals surface area contributed by atoms with Gasteiger partial charge < -0.3 is 20.1 Å². The molecule has 2 N–H and O–H groups in total. The second-order valence-corrected chi connectivity index (χ2v) is 9.56. The molecule has 0 spiro atoms. The van der Waals surface area contributed by atoms with E-state index in [-0.39, 0.29) is 62.7 Å². The second-order valence-electron chi connectivity index (χ2n) is 9.56. The normalized spacial score (nSPS) is 36.8. The number of fused-ring (bicyclic) bond motifs is 1. The summed E-state index contributed by atoms with van der Waals surface area (Å²) < 4.78 is 91.1. The van der Waals surface area contributed by atoms with Crippen LogP contribution in [-0.2, 0) is 28.5 Å². The summed E-state index contributed by atoms with van der Waals surface area (Å²) in [6.07, 6.45) is -9.94. The van der Waals surface area contributed by atoms with Gasteiger partial charge in [-0.25, -0.2) is 0 Å². The molecule has 194 valence electrons. The zero-order chi connectivity index (χ0) is 24.7. The van der Waals surface area contributed by atoms with E-state index >= 15 is 0 Å². The molecule has 0 saturated heterocycles. The predicted molar refractivity (Wildman–Crippen MR) is 99.9 cm³/mol. The van der Waals surface area contributed by atoms with Crippen molar-refractivity contribution in [1.29, 1.82) is 0 Å². The number of carbonyl (C=O) groups is 2. The van der Waals surface area contributed by atoms with E-state index < -0.39 is 42.7 Å². The third kappa shape index (κ3) is 6.73. The molecule has 14 heteroatoms. The third-order valence-corrected chi connectivity index (χ3v) is 6.84. The molecule has 0 aromatic carbocycles. The van der Waals surface area contributed by atoms with Gasteiger partial charge in [-0.2, -0.15) is 0 Å². The van der Waals surface area contributed by atoms with Crippen molar-refractivity contribution in [3.63, 3.8) is 0 Å². The molecule has 2 bridgehead atoms. The van der Waals surface area contributed by atoms with Crippen LogP contribution in [0, 0.1) is 5.92 Å². The van der Waals surface area contributed by atoms with Gasteiger partial charge in [0.2, 0.25) is 11.8 Å². The molecule has 0 radical (unpaired) electrons. The number of alkyl halides is 6. The van der Waals surface area contributed by atoms with Crippen molar-refractivity contribution >= 4 is 11.8 Å². The summed E-state index contributed by atoms with van der Waals surface area (Å²) in [5.74, 6) is -0.539. The summed E-state index contributed by atoms with van der Waals surface area (Å²) in [5, 5.41) is 5.76. The number of carbonyl (C=O) groups excluding carboxylic acids is 2. The molecule has 0 aromatic heterocycles. The van der Waals surface area contributed by atoms with Crippen molar-refractivity contribution in [3.8, 4) is 0 Å². The fourth-order valence-corrected chi connectivity index (χ4v) is 5.15. The maximum atomic E-state index is 12.2. The van der Waals surface area contributed by atoms with Crippen molar-refractivity contribution in [3.05, 3.63) is 0 Å². The zero-order valence-electron chi connectivity index (χ0n) is 18.0. The van der Waals surface area contributed by atoms with E-state index in [0.29, 0.717) is 19.3 Å². The van der Waals surface area contributed by atoms with Crippen molar-refractivity contribution in [1.82, 2.24) is 10.6 Å². The van der Waals surface area contributed by atoms with Crippen LogP contribution in [0.4, 0.5) is 26.3 Å². The van der Waals surface area contributed by atoms with Gasteiger partial charge in [-0.05, 0) is 25.2 Å². The van der Waals surface area contributed by atoms with Crippen LogP contribution in [0.1, 0.15) is 44.9 Å². The van der Waals surface area contributed by atoms with E-state index in [1.807, 2.05) is 0 Å². The summed E-state index contributed by atoms with van der Waals surface area (Å²) in [5.41, 5.74) is -0.443. The first kappa shape index (κ1) is 25.5. The highest BCUT2D eigenvalue weighted by molar-refractivity contribution is 5.79. The Morgan fingerprint density at radius 1 is 0.735 bits per heavy atom. The fourth-order valence-electron chi connectivity index (χ4n) is 5.15. The lowest BCUT2D eigenvalue weighted by Gasteiger charge is -2.39. The number of nitrogens with one attached hydrogen (secondary N) is 2. The first-order valence-electron chi connectivity index (χ1n) is 11.1. The minimum absolute atomic E-state index is 0.0763. The predicted octanol–water partition coefficient (Wildman–Crippen LogP) is 2.31. The summed E-state index contributed by atoms with van der Waals surface area (Å²) in [4.78, 5) is 24.3. The van der Waals surface area contributed by atoms with Gasteiger partial charge in [0, 0.05) is 37.3 Å². The smallest absolute Gasteiger partial charge is 0.368 e. The molecular formula is C20H26F6N2O6. The SMILES string of the molecule is O=C(COC1CC(OC(F)(F)F)C1)NC1CC2(NC(=O)CO[C@H]3C[C@@H](OC(F)(F)F)C3)CC1C2. The highest BCUT2D eigenvalue weighted by Gasteiger charge is 2.57. The molecule has 1 unspecified atom stereocenters. The van der Waals surface area contributed by atoms with Crippen molar-refractivity contribution in [2.75, 3.05) is 13.2 Å². The number of rotatable bonds is 10. The standard InChI is InChI=1S/C20H26F6N2O6/c21-19(22,23)33-13-1-11(2-13)31-8-16(29)27-15-7-18(5-10(15)6-18)28-17(30)9-32-12-3-14(4-12)34-20(24,25)26/h10-15H,1-9H2,(H,27,29)(H,28,30)/t10?,11?,12-,13?,14+,15?,18?. The molecule has 0 aromatic rings. The quantitative estimate of drug-likeness (QED) is 0.444. The van der Waals surface area contributed by atoms with Gasteiger partial charge in [0.05, 0.1) is 24.4 Å². The summed E-state index contributed by atoms with van der Waals surface area (Å²) in [6, 6.07) is -0.146. The Balaban J connectivity index is 1.07. The van der Waals surface area contributed by atoms with E-state index in [1.54, 1.807) is 0 Å². The van der Waals surface area contributed by atoms with Gasteiger partial charge in [0.25, 0.3) is 0 Å². The number of amides is 2. The highest BCUT2D eigenvalue weighted by atomic mass is 19.4. The molecule has 5 aliphatic rings. The number of hydrogen-bond acceptors (Lipinski definition) is 6. The van der Waals surface area contributed by atoms with Gasteiger partial charge >= 0.3 is 12.7 Å². The van der Waals surface area contributed by atoms with Crippen LogP contribution in [0.25, 0.3) is 0 Å². The first-order chi connectivity index (χ1) is 15.8. The summed E-state index contributed by atoms with van der Waals surface area (Å²) >= 11 is 0. The Morgan fingerprint density at radius 3 is 1.68 bits per heavy atom.